The fourth-order valence-electron chi connectivity index (χ4n) is 3.54. The zero-order valence-electron chi connectivity index (χ0n) is 13.9. The minimum Gasteiger partial charge on any atom is -0.459 e. The van der Waals surface area contributed by atoms with Crippen molar-refractivity contribution in [1.29, 1.82) is 0 Å². The predicted molar refractivity (Wildman–Crippen MR) is 90.0 cm³/mol. The first kappa shape index (κ1) is 16.1. The normalized spacial score (nSPS) is 22.4. The molecular formula is C19H25NO3. The lowest BCUT2D eigenvalue weighted by molar-refractivity contribution is -0.140. The van der Waals surface area contributed by atoms with E-state index in [1.165, 1.54) is 0 Å². The molecule has 0 aliphatic heterocycles. The monoisotopic (exact) mass is 315 g/mol. The Balaban J connectivity index is 1.85. The maximum Gasteiger partial charge on any atom is 0.228 e. The summed E-state index contributed by atoms with van der Waals surface area (Å²) in [6.45, 7) is 4.75. The number of rotatable bonds is 5. The summed E-state index contributed by atoms with van der Waals surface area (Å²) >= 11 is 0. The van der Waals surface area contributed by atoms with Gasteiger partial charge in [0, 0.05) is 11.9 Å². The third-order valence-corrected chi connectivity index (χ3v) is 4.87. The lowest BCUT2D eigenvalue weighted by Gasteiger charge is -2.31. The number of nitrogens with zero attached hydrogens (tertiary/aromatic N) is 1. The number of benzene rings is 1. The molecular weight excluding hydrogens is 290 g/mol. The molecule has 3 rings (SSSR count). The number of hydrogen-bond donors (Lipinski definition) is 1. The van der Waals surface area contributed by atoms with Crippen LogP contribution in [0.3, 0.4) is 0 Å². The van der Waals surface area contributed by atoms with Crippen LogP contribution >= 0.6 is 0 Å². The molecule has 23 heavy (non-hydrogen) atoms. The van der Waals surface area contributed by atoms with E-state index in [4.69, 9.17) is 4.42 Å². The molecule has 1 aliphatic rings. The molecule has 3 unspecified atom stereocenters. The van der Waals surface area contributed by atoms with Gasteiger partial charge in [-0.1, -0.05) is 25.1 Å². The average Bonchev–Trinajstić information content (AvgIpc) is 3.17. The average molecular weight is 315 g/mol. The van der Waals surface area contributed by atoms with Gasteiger partial charge in [0.25, 0.3) is 0 Å². The Kier molecular flexibility index (Phi) is 4.71. The first-order chi connectivity index (χ1) is 11.1. The maximum absolute atomic E-state index is 12.9. The Bertz CT molecular complexity index is 645. The van der Waals surface area contributed by atoms with Crippen molar-refractivity contribution in [3.05, 3.63) is 36.1 Å². The molecule has 3 atom stereocenters. The summed E-state index contributed by atoms with van der Waals surface area (Å²) in [5.74, 6) is 0.610. The number of carbonyl (C=O) groups is 1. The van der Waals surface area contributed by atoms with E-state index in [1.807, 2.05) is 42.2 Å². The van der Waals surface area contributed by atoms with Crippen molar-refractivity contribution in [3.8, 4) is 0 Å². The van der Waals surface area contributed by atoms with E-state index >= 15 is 0 Å². The Hall–Kier alpha value is -1.81. The van der Waals surface area contributed by atoms with E-state index < -0.39 is 6.10 Å². The van der Waals surface area contributed by atoms with Crippen LogP contribution in [0, 0.1) is 5.92 Å². The standard InChI is InChI=1S/C19H25NO3/c1-3-11-20(19(22)15-8-6-9-16(15)21)13(2)18-12-14-7-4-5-10-17(14)23-18/h4-5,7,10,12-13,15-16,21H,3,6,8-9,11H2,1-2H3. The van der Waals surface area contributed by atoms with E-state index in [9.17, 15) is 9.90 Å². The molecule has 4 heteroatoms. The van der Waals surface area contributed by atoms with Gasteiger partial charge in [0.1, 0.15) is 11.3 Å². The van der Waals surface area contributed by atoms with Gasteiger partial charge in [0.05, 0.1) is 18.1 Å². The first-order valence-electron chi connectivity index (χ1n) is 8.58. The highest BCUT2D eigenvalue weighted by Crippen LogP contribution is 2.32. The molecule has 1 saturated carbocycles. The lowest BCUT2D eigenvalue weighted by atomic mass is 10.0. The van der Waals surface area contributed by atoms with E-state index in [2.05, 4.69) is 6.92 Å². The van der Waals surface area contributed by atoms with Crippen LogP contribution < -0.4 is 0 Å². The van der Waals surface area contributed by atoms with Gasteiger partial charge in [0.2, 0.25) is 5.91 Å². The van der Waals surface area contributed by atoms with E-state index in [0.29, 0.717) is 6.54 Å². The number of amides is 1. The van der Waals surface area contributed by atoms with Crippen LogP contribution in [0.15, 0.2) is 34.7 Å². The van der Waals surface area contributed by atoms with Crippen molar-refractivity contribution in [2.24, 2.45) is 5.92 Å². The van der Waals surface area contributed by atoms with E-state index in [1.54, 1.807) is 0 Å². The number of para-hydroxylation sites is 1. The van der Waals surface area contributed by atoms with Crippen molar-refractivity contribution in [2.75, 3.05) is 6.54 Å². The Morgan fingerprint density at radius 1 is 1.39 bits per heavy atom. The zero-order chi connectivity index (χ0) is 16.4. The first-order valence-corrected chi connectivity index (χ1v) is 8.58. The summed E-state index contributed by atoms with van der Waals surface area (Å²) in [6, 6.07) is 9.78. The second-order valence-corrected chi connectivity index (χ2v) is 6.50. The van der Waals surface area contributed by atoms with Crippen molar-refractivity contribution in [1.82, 2.24) is 4.90 Å². The summed E-state index contributed by atoms with van der Waals surface area (Å²) in [5.41, 5.74) is 0.846. The van der Waals surface area contributed by atoms with Crippen molar-refractivity contribution < 1.29 is 14.3 Å². The molecule has 1 heterocycles. The fraction of sp³-hybridized carbons (Fsp3) is 0.526. The molecule has 1 fully saturated rings. The minimum absolute atomic E-state index is 0.0600. The zero-order valence-corrected chi connectivity index (χ0v) is 13.9. The molecule has 1 aliphatic carbocycles. The molecule has 0 saturated heterocycles. The summed E-state index contributed by atoms with van der Waals surface area (Å²) < 4.78 is 5.94. The molecule has 1 N–H and O–H groups in total. The van der Waals surface area contributed by atoms with Crippen LogP contribution in [-0.2, 0) is 4.79 Å². The summed E-state index contributed by atoms with van der Waals surface area (Å²) in [4.78, 5) is 14.8. The Morgan fingerprint density at radius 3 is 2.83 bits per heavy atom. The summed E-state index contributed by atoms with van der Waals surface area (Å²) in [6.07, 6.45) is 2.84. The Labute approximate surface area is 137 Å². The highest BCUT2D eigenvalue weighted by atomic mass is 16.3. The van der Waals surface area contributed by atoms with Crippen molar-refractivity contribution in [2.45, 2.75) is 51.7 Å². The topological polar surface area (TPSA) is 53.7 Å². The van der Waals surface area contributed by atoms with Crippen LogP contribution in [0.2, 0.25) is 0 Å². The van der Waals surface area contributed by atoms with Crippen molar-refractivity contribution >= 4 is 16.9 Å². The van der Waals surface area contributed by atoms with Gasteiger partial charge in [-0.05, 0) is 44.7 Å². The van der Waals surface area contributed by atoms with Gasteiger partial charge < -0.3 is 14.4 Å². The van der Waals surface area contributed by atoms with E-state index in [-0.39, 0.29) is 17.9 Å². The SMILES string of the molecule is CCCN(C(=O)C1CCCC1O)C(C)c1cc2ccccc2o1. The molecule has 4 nitrogen and oxygen atoms in total. The van der Waals surface area contributed by atoms with Gasteiger partial charge in [-0.2, -0.15) is 0 Å². The van der Waals surface area contributed by atoms with Crippen LogP contribution in [0.4, 0.5) is 0 Å². The van der Waals surface area contributed by atoms with Crippen molar-refractivity contribution in [3.63, 3.8) is 0 Å². The van der Waals surface area contributed by atoms with Crippen LogP contribution in [0.5, 0.6) is 0 Å². The van der Waals surface area contributed by atoms with Gasteiger partial charge in [-0.25, -0.2) is 0 Å². The molecule has 1 amide bonds. The molecule has 0 spiro atoms. The molecule has 1 aromatic heterocycles. The van der Waals surface area contributed by atoms with E-state index in [0.717, 1.165) is 42.4 Å². The van der Waals surface area contributed by atoms with Crippen LogP contribution in [0.25, 0.3) is 11.0 Å². The largest absolute Gasteiger partial charge is 0.459 e. The van der Waals surface area contributed by atoms with Gasteiger partial charge in [0.15, 0.2) is 0 Å². The number of hydrogen-bond acceptors (Lipinski definition) is 3. The minimum atomic E-state index is -0.496. The molecule has 2 aromatic rings. The predicted octanol–water partition coefficient (Wildman–Crippen LogP) is 3.89. The summed E-state index contributed by atoms with van der Waals surface area (Å²) in [5, 5.41) is 11.1. The lowest BCUT2D eigenvalue weighted by Crippen LogP contribution is -2.41. The number of furan rings is 1. The Morgan fingerprint density at radius 2 is 2.17 bits per heavy atom. The fourth-order valence-corrected chi connectivity index (χ4v) is 3.54. The summed E-state index contributed by atoms with van der Waals surface area (Å²) in [7, 11) is 0. The quantitative estimate of drug-likeness (QED) is 0.910. The second-order valence-electron chi connectivity index (χ2n) is 6.50. The smallest absolute Gasteiger partial charge is 0.228 e. The van der Waals surface area contributed by atoms with Crippen LogP contribution in [-0.4, -0.2) is 28.6 Å². The molecule has 0 bridgehead atoms. The molecule has 1 aromatic carbocycles. The van der Waals surface area contributed by atoms with Gasteiger partial charge in [-0.15, -0.1) is 0 Å². The van der Waals surface area contributed by atoms with Gasteiger partial charge in [-0.3, -0.25) is 4.79 Å². The van der Waals surface area contributed by atoms with Gasteiger partial charge >= 0.3 is 0 Å². The second kappa shape index (κ2) is 6.75. The number of fused-ring (bicyclic) bond motifs is 1. The number of aliphatic hydroxyl groups excluding tert-OH is 1. The van der Waals surface area contributed by atoms with Crippen LogP contribution in [0.1, 0.15) is 51.3 Å². The number of aliphatic hydroxyl groups is 1. The highest BCUT2D eigenvalue weighted by molar-refractivity contribution is 5.81. The molecule has 124 valence electrons. The maximum atomic E-state index is 12.9. The highest BCUT2D eigenvalue weighted by Gasteiger charge is 2.36. The third-order valence-electron chi connectivity index (χ3n) is 4.87. The number of carbonyl (C=O) groups excluding carboxylic acids is 1. The third kappa shape index (κ3) is 3.13. The molecule has 0 radical (unpaired) electrons.